The van der Waals surface area contributed by atoms with Crippen molar-refractivity contribution in [2.75, 3.05) is 19.7 Å². The second-order valence-electron chi connectivity index (χ2n) is 5.64. The van der Waals surface area contributed by atoms with E-state index in [2.05, 4.69) is 11.8 Å². The summed E-state index contributed by atoms with van der Waals surface area (Å²) in [7, 11) is 0. The van der Waals surface area contributed by atoms with Crippen molar-refractivity contribution < 1.29 is 4.74 Å². The first-order chi connectivity index (χ1) is 9.83. The summed E-state index contributed by atoms with van der Waals surface area (Å²) in [6.07, 6.45) is 6.71. The normalized spacial score (nSPS) is 20.6. The fourth-order valence-corrected chi connectivity index (χ4v) is 3.00. The van der Waals surface area contributed by atoms with E-state index in [1.807, 2.05) is 24.3 Å². The van der Waals surface area contributed by atoms with Crippen molar-refractivity contribution in [3.8, 4) is 5.75 Å². The summed E-state index contributed by atoms with van der Waals surface area (Å²) in [6, 6.07) is 8.86. The Balaban J connectivity index is 1.78. The zero-order chi connectivity index (χ0) is 14.2. The molecule has 1 aromatic rings. The molecule has 2 N–H and O–H groups in total. The summed E-state index contributed by atoms with van der Waals surface area (Å²) < 4.78 is 5.86. The number of rotatable bonds is 6. The van der Waals surface area contributed by atoms with Gasteiger partial charge in [-0.25, -0.2) is 0 Å². The molecule has 1 aliphatic heterocycles. The van der Waals surface area contributed by atoms with E-state index in [-0.39, 0.29) is 0 Å². The Bertz CT molecular complexity index is 377. The number of hydrogen-bond donors (Lipinski definition) is 1. The number of nitrogens with zero attached hydrogens (tertiary/aromatic N) is 1. The standard InChI is InChI=1S/C17H28N2O/c1-2-16-6-4-3-5-11-19(16)12-13-20-17-9-7-15(14-18)8-10-17/h7-10,16H,2-6,11-14,18H2,1H3. The third kappa shape index (κ3) is 4.50. The van der Waals surface area contributed by atoms with Crippen LogP contribution in [0.4, 0.5) is 0 Å². The van der Waals surface area contributed by atoms with Gasteiger partial charge in [-0.1, -0.05) is 31.9 Å². The van der Waals surface area contributed by atoms with Crippen molar-refractivity contribution in [2.45, 2.75) is 51.6 Å². The van der Waals surface area contributed by atoms with Crippen LogP contribution < -0.4 is 10.5 Å². The van der Waals surface area contributed by atoms with Crippen LogP contribution >= 0.6 is 0 Å². The van der Waals surface area contributed by atoms with Crippen molar-refractivity contribution in [2.24, 2.45) is 5.73 Å². The molecule has 0 amide bonds. The molecule has 0 aromatic heterocycles. The number of ether oxygens (including phenoxy) is 1. The van der Waals surface area contributed by atoms with Gasteiger partial charge in [-0.05, 0) is 43.5 Å². The minimum atomic E-state index is 0.590. The monoisotopic (exact) mass is 276 g/mol. The predicted molar refractivity (Wildman–Crippen MR) is 83.9 cm³/mol. The number of likely N-dealkylation sites (tertiary alicyclic amines) is 1. The zero-order valence-electron chi connectivity index (χ0n) is 12.7. The fourth-order valence-electron chi connectivity index (χ4n) is 3.00. The van der Waals surface area contributed by atoms with Crippen LogP contribution in [0.5, 0.6) is 5.75 Å². The molecule has 1 aromatic carbocycles. The SMILES string of the molecule is CCC1CCCCCN1CCOc1ccc(CN)cc1. The minimum absolute atomic E-state index is 0.590. The molecule has 3 heteroatoms. The lowest BCUT2D eigenvalue weighted by molar-refractivity contribution is 0.158. The van der Waals surface area contributed by atoms with Crippen LogP contribution in [0.25, 0.3) is 0 Å². The molecule has 112 valence electrons. The Hall–Kier alpha value is -1.06. The van der Waals surface area contributed by atoms with Crippen molar-refractivity contribution >= 4 is 0 Å². The third-order valence-electron chi connectivity index (χ3n) is 4.28. The van der Waals surface area contributed by atoms with Crippen molar-refractivity contribution in [1.29, 1.82) is 0 Å². The van der Waals surface area contributed by atoms with Crippen LogP contribution in [0.3, 0.4) is 0 Å². The van der Waals surface area contributed by atoms with E-state index in [9.17, 15) is 0 Å². The van der Waals surface area contributed by atoms with Crippen LogP contribution in [0.1, 0.15) is 44.6 Å². The minimum Gasteiger partial charge on any atom is -0.492 e. The van der Waals surface area contributed by atoms with Gasteiger partial charge < -0.3 is 10.5 Å². The summed E-state index contributed by atoms with van der Waals surface area (Å²) in [6.45, 7) is 5.94. The Morgan fingerprint density at radius 2 is 2.00 bits per heavy atom. The molecular weight excluding hydrogens is 248 g/mol. The van der Waals surface area contributed by atoms with Gasteiger partial charge >= 0.3 is 0 Å². The molecule has 1 fully saturated rings. The average Bonchev–Trinajstić information content (AvgIpc) is 2.73. The fraction of sp³-hybridized carbons (Fsp3) is 0.647. The maximum atomic E-state index is 5.86. The molecule has 20 heavy (non-hydrogen) atoms. The molecule has 0 aliphatic carbocycles. The second kappa shape index (κ2) is 8.28. The maximum absolute atomic E-state index is 5.86. The Labute approximate surface area is 123 Å². The van der Waals surface area contributed by atoms with Gasteiger partial charge in [-0.2, -0.15) is 0 Å². The highest BCUT2D eigenvalue weighted by molar-refractivity contribution is 5.27. The van der Waals surface area contributed by atoms with Gasteiger partial charge in [0.1, 0.15) is 12.4 Å². The molecule has 1 unspecified atom stereocenters. The number of benzene rings is 1. The van der Waals surface area contributed by atoms with Crippen molar-refractivity contribution in [3.63, 3.8) is 0 Å². The first kappa shape index (κ1) is 15.3. The van der Waals surface area contributed by atoms with Gasteiger partial charge in [0.25, 0.3) is 0 Å². The lowest BCUT2D eigenvalue weighted by Crippen LogP contribution is -2.37. The van der Waals surface area contributed by atoms with Crippen LogP contribution in [-0.4, -0.2) is 30.6 Å². The molecule has 0 saturated carbocycles. The highest BCUT2D eigenvalue weighted by Gasteiger charge is 2.18. The quantitative estimate of drug-likeness (QED) is 0.867. The van der Waals surface area contributed by atoms with E-state index >= 15 is 0 Å². The van der Waals surface area contributed by atoms with Crippen LogP contribution in [0.15, 0.2) is 24.3 Å². The molecule has 1 saturated heterocycles. The summed E-state index contributed by atoms with van der Waals surface area (Å²) in [5, 5.41) is 0. The van der Waals surface area contributed by atoms with Crippen LogP contribution in [-0.2, 0) is 6.54 Å². The molecule has 1 heterocycles. The van der Waals surface area contributed by atoms with Crippen LogP contribution in [0, 0.1) is 0 Å². The second-order valence-corrected chi connectivity index (χ2v) is 5.64. The molecule has 1 atom stereocenters. The van der Waals surface area contributed by atoms with Crippen LogP contribution in [0.2, 0.25) is 0 Å². The van der Waals surface area contributed by atoms with Gasteiger partial charge in [-0.3, -0.25) is 4.90 Å². The zero-order valence-corrected chi connectivity index (χ0v) is 12.7. The molecule has 3 nitrogen and oxygen atoms in total. The van der Waals surface area contributed by atoms with Crippen molar-refractivity contribution in [1.82, 2.24) is 4.90 Å². The van der Waals surface area contributed by atoms with E-state index < -0.39 is 0 Å². The van der Waals surface area contributed by atoms with E-state index in [0.717, 1.165) is 30.5 Å². The summed E-state index contributed by atoms with van der Waals surface area (Å²) >= 11 is 0. The predicted octanol–water partition coefficient (Wildman–Crippen LogP) is 3.18. The molecule has 1 aliphatic rings. The molecule has 0 bridgehead atoms. The van der Waals surface area contributed by atoms with Gasteiger partial charge in [0.05, 0.1) is 0 Å². The molecular formula is C17H28N2O. The first-order valence-electron chi connectivity index (χ1n) is 7.99. The highest BCUT2D eigenvalue weighted by Crippen LogP contribution is 2.19. The molecule has 2 rings (SSSR count). The Morgan fingerprint density at radius 1 is 1.20 bits per heavy atom. The smallest absolute Gasteiger partial charge is 0.119 e. The van der Waals surface area contributed by atoms with E-state index in [0.29, 0.717) is 6.54 Å². The third-order valence-corrected chi connectivity index (χ3v) is 4.28. The van der Waals surface area contributed by atoms with E-state index in [1.165, 1.54) is 38.6 Å². The number of nitrogens with two attached hydrogens (primary N) is 1. The topological polar surface area (TPSA) is 38.5 Å². The summed E-state index contributed by atoms with van der Waals surface area (Å²) in [5.41, 5.74) is 6.74. The van der Waals surface area contributed by atoms with Gasteiger partial charge in [0.15, 0.2) is 0 Å². The Kier molecular flexibility index (Phi) is 6.34. The van der Waals surface area contributed by atoms with E-state index in [4.69, 9.17) is 10.5 Å². The van der Waals surface area contributed by atoms with Gasteiger partial charge in [-0.15, -0.1) is 0 Å². The lowest BCUT2D eigenvalue weighted by atomic mass is 10.1. The average molecular weight is 276 g/mol. The lowest BCUT2D eigenvalue weighted by Gasteiger charge is -2.28. The molecule has 0 radical (unpaired) electrons. The summed E-state index contributed by atoms with van der Waals surface area (Å²) in [4.78, 5) is 2.61. The van der Waals surface area contributed by atoms with Crippen molar-refractivity contribution in [3.05, 3.63) is 29.8 Å². The van der Waals surface area contributed by atoms with E-state index in [1.54, 1.807) is 0 Å². The maximum Gasteiger partial charge on any atom is 0.119 e. The Morgan fingerprint density at radius 3 is 2.70 bits per heavy atom. The van der Waals surface area contributed by atoms with Gasteiger partial charge in [0, 0.05) is 19.1 Å². The highest BCUT2D eigenvalue weighted by atomic mass is 16.5. The number of hydrogen-bond acceptors (Lipinski definition) is 3. The molecule has 0 spiro atoms. The summed E-state index contributed by atoms with van der Waals surface area (Å²) in [5.74, 6) is 0.949. The first-order valence-corrected chi connectivity index (χ1v) is 7.99. The van der Waals surface area contributed by atoms with Gasteiger partial charge in [0.2, 0.25) is 0 Å². The largest absolute Gasteiger partial charge is 0.492 e.